The molecule has 0 aromatic heterocycles. The van der Waals surface area contributed by atoms with Crippen molar-refractivity contribution < 1.29 is 31.5 Å². The predicted octanol–water partition coefficient (Wildman–Crippen LogP) is 4.28. The number of rotatable bonds is 3. The van der Waals surface area contributed by atoms with E-state index >= 15 is 0 Å². The van der Waals surface area contributed by atoms with Crippen molar-refractivity contribution in [3.63, 3.8) is 0 Å². The lowest BCUT2D eigenvalue weighted by atomic mass is 9.80. The Bertz CT molecular complexity index is 565. The fourth-order valence-corrected chi connectivity index (χ4v) is 2.80. The second kappa shape index (κ2) is 6.72. The average Bonchev–Trinajstić information content (AvgIpc) is 2.46. The Kier molecular flexibility index (Phi) is 5.11. The molecule has 1 aliphatic rings. The molecule has 2 atom stereocenters. The van der Waals surface area contributed by atoms with Gasteiger partial charge in [0.1, 0.15) is 0 Å². The monoisotopic (exact) mass is 337 g/mol. The van der Waals surface area contributed by atoms with E-state index in [4.69, 9.17) is 0 Å². The van der Waals surface area contributed by atoms with Gasteiger partial charge in [-0.15, -0.1) is 0 Å². The summed E-state index contributed by atoms with van der Waals surface area (Å²) in [6.07, 6.45) is -4.04. The zero-order chi connectivity index (χ0) is 17.2. The molecule has 0 aliphatic heterocycles. The molecular formula is C15H16F5NO2. The van der Waals surface area contributed by atoms with Crippen LogP contribution in [-0.2, 0) is 4.79 Å². The van der Waals surface area contributed by atoms with Gasteiger partial charge in [-0.3, -0.25) is 4.79 Å². The molecule has 1 aliphatic carbocycles. The molecule has 0 heterocycles. The molecule has 0 saturated heterocycles. The lowest BCUT2D eigenvalue weighted by molar-refractivity contribution is -0.185. The lowest BCUT2D eigenvalue weighted by Crippen LogP contribution is -2.34. The minimum absolute atomic E-state index is 0.000921. The highest BCUT2D eigenvalue weighted by Crippen LogP contribution is 2.40. The van der Waals surface area contributed by atoms with Gasteiger partial charge in [0.05, 0.1) is 13.0 Å². The number of hydrogen-bond acceptors (Lipinski definition) is 2. The molecule has 0 spiro atoms. The first kappa shape index (κ1) is 17.5. The lowest BCUT2D eigenvalue weighted by Gasteiger charge is -2.29. The van der Waals surface area contributed by atoms with Crippen molar-refractivity contribution in [1.82, 2.24) is 0 Å². The quantitative estimate of drug-likeness (QED) is 0.836. The van der Waals surface area contributed by atoms with Gasteiger partial charge in [0.15, 0.2) is 17.4 Å². The molecule has 0 bridgehead atoms. The summed E-state index contributed by atoms with van der Waals surface area (Å²) in [5, 5.41) is 2.27. The summed E-state index contributed by atoms with van der Waals surface area (Å²) in [5.41, 5.74) is -0.153. The van der Waals surface area contributed by atoms with Crippen molar-refractivity contribution >= 4 is 11.6 Å². The van der Waals surface area contributed by atoms with E-state index in [-0.39, 0.29) is 24.9 Å². The number of carbonyl (C=O) groups excluding carboxylic acids is 1. The SMILES string of the molecule is COc1c(F)cc(NC(=O)C2CCCC(C(F)(F)F)C2)cc1F. The highest BCUT2D eigenvalue weighted by molar-refractivity contribution is 5.92. The van der Waals surface area contributed by atoms with Crippen molar-refractivity contribution in [2.24, 2.45) is 11.8 Å². The van der Waals surface area contributed by atoms with Crippen LogP contribution >= 0.6 is 0 Å². The molecule has 1 N–H and O–H groups in total. The minimum atomic E-state index is -4.34. The summed E-state index contributed by atoms with van der Waals surface area (Å²) >= 11 is 0. The van der Waals surface area contributed by atoms with Gasteiger partial charge >= 0.3 is 6.18 Å². The third kappa shape index (κ3) is 4.11. The maximum absolute atomic E-state index is 13.6. The summed E-state index contributed by atoms with van der Waals surface area (Å²) in [6.45, 7) is 0. The van der Waals surface area contributed by atoms with Crippen molar-refractivity contribution in [3.8, 4) is 5.75 Å². The van der Waals surface area contributed by atoms with E-state index in [9.17, 15) is 26.7 Å². The van der Waals surface area contributed by atoms with Gasteiger partial charge in [0.25, 0.3) is 0 Å². The molecule has 1 amide bonds. The zero-order valence-corrected chi connectivity index (χ0v) is 12.3. The van der Waals surface area contributed by atoms with Crippen LogP contribution in [0, 0.1) is 23.5 Å². The number of alkyl halides is 3. The van der Waals surface area contributed by atoms with Crippen molar-refractivity contribution in [2.45, 2.75) is 31.9 Å². The standard InChI is InChI=1S/C15H16F5NO2/c1-23-13-11(16)6-10(7-12(13)17)21-14(22)8-3-2-4-9(5-8)15(18,19)20/h6-9H,2-5H2,1H3,(H,21,22). The number of benzene rings is 1. The highest BCUT2D eigenvalue weighted by atomic mass is 19.4. The maximum atomic E-state index is 13.6. The highest BCUT2D eigenvalue weighted by Gasteiger charge is 2.43. The van der Waals surface area contributed by atoms with E-state index in [1.54, 1.807) is 0 Å². The number of carbonyl (C=O) groups is 1. The van der Waals surface area contributed by atoms with Crippen molar-refractivity contribution in [2.75, 3.05) is 12.4 Å². The van der Waals surface area contributed by atoms with Gasteiger partial charge in [-0.1, -0.05) is 6.42 Å². The van der Waals surface area contributed by atoms with E-state index in [1.807, 2.05) is 0 Å². The first-order chi connectivity index (χ1) is 10.7. The summed E-state index contributed by atoms with van der Waals surface area (Å²) < 4.78 is 69.9. The van der Waals surface area contributed by atoms with Crippen LogP contribution in [0.15, 0.2) is 12.1 Å². The predicted molar refractivity (Wildman–Crippen MR) is 73.0 cm³/mol. The maximum Gasteiger partial charge on any atom is 0.391 e. The van der Waals surface area contributed by atoms with Crippen LogP contribution in [-0.4, -0.2) is 19.2 Å². The fourth-order valence-electron chi connectivity index (χ4n) is 2.80. The second-order valence-electron chi connectivity index (χ2n) is 5.56. The summed E-state index contributed by atoms with van der Waals surface area (Å²) in [7, 11) is 1.10. The Morgan fingerprint density at radius 1 is 1.22 bits per heavy atom. The van der Waals surface area contributed by atoms with Gasteiger partial charge < -0.3 is 10.1 Å². The van der Waals surface area contributed by atoms with E-state index in [1.165, 1.54) is 0 Å². The van der Waals surface area contributed by atoms with Gasteiger partial charge in [0.2, 0.25) is 5.91 Å². The van der Waals surface area contributed by atoms with Gasteiger partial charge in [-0.25, -0.2) is 8.78 Å². The number of nitrogens with one attached hydrogen (secondary N) is 1. The fraction of sp³-hybridized carbons (Fsp3) is 0.533. The third-order valence-corrected chi connectivity index (χ3v) is 3.98. The minimum Gasteiger partial charge on any atom is -0.491 e. The van der Waals surface area contributed by atoms with E-state index in [2.05, 4.69) is 10.1 Å². The Balaban J connectivity index is 2.07. The summed E-state index contributed by atoms with van der Waals surface area (Å²) in [6, 6.07) is 1.73. The molecule has 1 aromatic carbocycles. The van der Waals surface area contributed by atoms with Crippen LogP contribution in [0.25, 0.3) is 0 Å². The van der Waals surface area contributed by atoms with Crippen LogP contribution in [0.5, 0.6) is 5.75 Å². The van der Waals surface area contributed by atoms with Crippen molar-refractivity contribution in [3.05, 3.63) is 23.8 Å². The molecule has 128 valence electrons. The van der Waals surface area contributed by atoms with Crippen LogP contribution in [0.2, 0.25) is 0 Å². The first-order valence-electron chi connectivity index (χ1n) is 7.13. The average molecular weight is 337 g/mol. The van der Waals surface area contributed by atoms with Crippen LogP contribution < -0.4 is 10.1 Å². The van der Waals surface area contributed by atoms with Crippen LogP contribution in [0.3, 0.4) is 0 Å². The number of ether oxygens (including phenoxy) is 1. The Hall–Kier alpha value is -1.86. The Morgan fingerprint density at radius 2 is 1.83 bits per heavy atom. The normalized spacial score (nSPS) is 21.8. The van der Waals surface area contributed by atoms with Crippen LogP contribution in [0.1, 0.15) is 25.7 Å². The molecule has 1 fully saturated rings. The van der Waals surface area contributed by atoms with Gasteiger partial charge in [-0.2, -0.15) is 13.2 Å². The molecule has 8 heteroatoms. The first-order valence-corrected chi connectivity index (χ1v) is 7.13. The largest absolute Gasteiger partial charge is 0.491 e. The number of hydrogen-bond donors (Lipinski definition) is 1. The number of methoxy groups -OCH3 is 1. The second-order valence-corrected chi connectivity index (χ2v) is 5.56. The Morgan fingerprint density at radius 3 is 2.35 bits per heavy atom. The molecule has 0 radical (unpaired) electrons. The van der Waals surface area contributed by atoms with Gasteiger partial charge in [-0.05, 0) is 19.3 Å². The third-order valence-electron chi connectivity index (χ3n) is 3.98. The topological polar surface area (TPSA) is 38.3 Å². The Labute approximate surface area is 129 Å². The van der Waals surface area contributed by atoms with E-state index in [0.717, 1.165) is 19.2 Å². The summed E-state index contributed by atoms with van der Waals surface area (Å²) in [4.78, 5) is 12.1. The number of anilines is 1. The molecular weight excluding hydrogens is 321 g/mol. The van der Waals surface area contributed by atoms with E-state index < -0.39 is 41.3 Å². The number of amides is 1. The smallest absolute Gasteiger partial charge is 0.391 e. The van der Waals surface area contributed by atoms with E-state index in [0.29, 0.717) is 6.42 Å². The summed E-state index contributed by atoms with van der Waals surface area (Å²) in [5.74, 6) is -5.60. The number of halogens is 5. The molecule has 1 aromatic rings. The molecule has 23 heavy (non-hydrogen) atoms. The molecule has 3 nitrogen and oxygen atoms in total. The zero-order valence-electron chi connectivity index (χ0n) is 12.3. The van der Waals surface area contributed by atoms with Crippen LogP contribution in [0.4, 0.5) is 27.6 Å². The van der Waals surface area contributed by atoms with Gasteiger partial charge in [0, 0.05) is 23.7 Å². The molecule has 2 unspecified atom stereocenters. The molecule has 1 saturated carbocycles. The molecule has 2 rings (SSSR count). The van der Waals surface area contributed by atoms with Crippen molar-refractivity contribution in [1.29, 1.82) is 0 Å².